The number of alkyl halides is 1. The van der Waals surface area contributed by atoms with Crippen molar-refractivity contribution in [2.75, 3.05) is 5.88 Å². The molecule has 0 aliphatic rings. The molecule has 2 aromatic rings. The molecule has 0 spiro atoms. The Morgan fingerprint density at radius 2 is 1.50 bits per heavy atom. The quantitative estimate of drug-likeness (QED) is 0.834. The van der Waals surface area contributed by atoms with Crippen molar-refractivity contribution >= 4 is 21.6 Å². The third-order valence-corrected chi connectivity index (χ3v) is 4.54. The van der Waals surface area contributed by atoms with Crippen molar-refractivity contribution in [2.45, 2.75) is 11.8 Å². The number of rotatable bonds is 6. The molecule has 0 amide bonds. The van der Waals surface area contributed by atoms with Crippen LogP contribution in [0.3, 0.4) is 0 Å². The zero-order chi connectivity index (χ0) is 14.4. The van der Waals surface area contributed by atoms with Crippen LogP contribution in [0.4, 0.5) is 0 Å². The molecule has 0 saturated heterocycles. The molecule has 1 N–H and O–H groups in total. The number of hydrogen-bond donors (Lipinski definition) is 1. The zero-order valence-corrected chi connectivity index (χ0v) is 12.4. The highest BCUT2D eigenvalue weighted by molar-refractivity contribution is 7.88. The van der Waals surface area contributed by atoms with Crippen molar-refractivity contribution in [3.8, 4) is 0 Å². The second-order valence-electron chi connectivity index (χ2n) is 4.48. The van der Waals surface area contributed by atoms with Crippen LogP contribution in [-0.2, 0) is 15.8 Å². The van der Waals surface area contributed by atoms with E-state index in [-0.39, 0.29) is 11.6 Å². The van der Waals surface area contributed by atoms with E-state index < -0.39 is 16.1 Å². The molecule has 2 aromatic carbocycles. The smallest absolute Gasteiger partial charge is 0.212 e. The van der Waals surface area contributed by atoms with Crippen LogP contribution in [0.2, 0.25) is 0 Å². The third-order valence-electron chi connectivity index (χ3n) is 2.88. The molecule has 5 heteroatoms. The number of sulfonamides is 1. The lowest BCUT2D eigenvalue weighted by Gasteiger charge is -2.16. The van der Waals surface area contributed by atoms with Crippen LogP contribution >= 0.6 is 11.6 Å². The molecule has 1 atom stereocenters. The summed E-state index contributed by atoms with van der Waals surface area (Å²) in [6.07, 6.45) is 0. The van der Waals surface area contributed by atoms with Gasteiger partial charge >= 0.3 is 0 Å². The highest BCUT2D eigenvalue weighted by atomic mass is 35.5. The highest BCUT2D eigenvalue weighted by Crippen LogP contribution is 2.16. The molecular weight excluding hydrogens is 294 g/mol. The molecule has 0 radical (unpaired) electrons. The summed E-state index contributed by atoms with van der Waals surface area (Å²) in [5.74, 6) is 0.145. The van der Waals surface area contributed by atoms with Gasteiger partial charge in [0.05, 0.1) is 11.8 Å². The fourth-order valence-electron chi connectivity index (χ4n) is 1.93. The fourth-order valence-corrected chi connectivity index (χ4v) is 3.64. The van der Waals surface area contributed by atoms with Gasteiger partial charge in [0.15, 0.2) is 0 Å². The molecule has 0 heterocycles. The molecule has 0 saturated carbocycles. The predicted molar refractivity (Wildman–Crippen MR) is 82.1 cm³/mol. The van der Waals surface area contributed by atoms with Crippen molar-refractivity contribution < 1.29 is 8.42 Å². The maximum absolute atomic E-state index is 12.2. The lowest BCUT2D eigenvalue weighted by Crippen LogP contribution is -2.30. The molecule has 1 unspecified atom stereocenters. The van der Waals surface area contributed by atoms with Gasteiger partial charge in [0.25, 0.3) is 0 Å². The zero-order valence-electron chi connectivity index (χ0n) is 10.9. The van der Waals surface area contributed by atoms with Gasteiger partial charge in [-0.25, -0.2) is 13.1 Å². The molecule has 0 aromatic heterocycles. The molecule has 3 nitrogen and oxygen atoms in total. The standard InChI is InChI=1S/C15H16ClNO2S/c16-11-15(14-9-5-2-6-10-14)17-20(18,19)12-13-7-3-1-4-8-13/h1-10,15,17H,11-12H2. The van der Waals surface area contributed by atoms with Gasteiger partial charge in [-0.1, -0.05) is 60.7 Å². The summed E-state index contributed by atoms with van der Waals surface area (Å²) in [5.41, 5.74) is 1.61. The first kappa shape index (κ1) is 15.0. The fraction of sp³-hybridized carbons (Fsp3) is 0.200. The topological polar surface area (TPSA) is 46.2 Å². The summed E-state index contributed by atoms with van der Waals surface area (Å²) < 4.78 is 27.0. The van der Waals surface area contributed by atoms with E-state index in [1.165, 1.54) is 0 Å². The second-order valence-corrected chi connectivity index (χ2v) is 6.54. The van der Waals surface area contributed by atoms with E-state index in [1.807, 2.05) is 48.5 Å². The van der Waals surface area contributed by atoms with Gasteiger partial charge in [0.2, 0.25) is 10.0 Å². The van der Waals surface area contributed by atoms with Crippen molar-refractivity contribution in [1.29, 1.82) is 0 Å². The SMILES string of the molecule is O=S(=O)(Cc1ccccc1)NC(CCl)c1ccccc1. The Balaban J connectivity index is 2.11. The Bertz CT molecular complexity index is 629. The van der Waals surface area contributed by atoms with E-state index in [0.717, 1.165) is 11.1 Å². The van der Waals surface area contributed by atoms with Crippen LogP contribution < -0.4 is 4.72 Å². The lowest BCUT2D eigenvalue weighted by molar-refractivity contribution is 0.567. The molecule has 0 aliphatic carbocycles. The van der Waals surface area contributed by atoms with Crippen molar-refractivity contribution in [3.63, 3.8) is 0 Å². The average Bonchev–Trinajstić information content (AvgIpc) is 2.46. The van der Waals surface area contributed by atoms with Crippen molar-refractivity contribution in [2.24, 2.45) is 0 Å². The number of nitrogens with one attached hydrogen (secondary N) is 1. The molecule has 106 valence electrons. The van der Waals surface area contributed by atoms with E-state index in [2.05, 4.69) is 4.72 Å². The van der Waals surface area contributed by atoms with Gasteiger partial charge < -0.3 is 0 Å². The highest BCUT2D eigenvalue weighted by Gasteiger charge is 2.19. The van der Waals surface area contributed by atoms with Crippen LogP contribution in [0.15, 0.2) is 60.7 Å². The first-order chi connectivity index (χ1) is 9.61. The van der Waals surface area contributed by atoms with Gasteiger partial charge in [-0.2, -0.15) is 0 Å². The van der Waals surface area contributed by atoms with Crippen LogP contribution in [-0.4, -0.2) is 14.3 Å². The molecule has 0 fully saturated rings. The summed E-state index contributed by atoms with van der Waals surface area (Å²) in [4.78, 5) is 0. The van der Waals surface area contributed by atoms with Gasteiger partial charge in [0, 0.05) is 5.88 Å². The summed E-state index contributed by atoms with van der Waals surface area (Å²) in [5, 5.41) is 0. The van der Waals surface area contributed by atoms with Crippen LogP contribution in [0.5, 0.6) is 0 Å². The summed E-state index contributed by atoms with van der Waals surface area (Å²) in [7, 11) is -3.43. The van der Waals surface area contributed by atoms with Gasteiger partial charge in [-0.3, -0.25) is 0 Å². The van der Waals surface area contributed by atoms with Gasteiger partial charge in [-0.15, -0.1) is 11.6 Å². The van der Waals surface area contributed by atoms with E-state index >= 15 is 0 Å². The first-order valence-electron chi connectivity index (χ1n) is 6.25. The van der Waals surface area contributed by atoms with Crippen molar-refractivity contribution in [1.82, 2.24) is 4.72 Å². The minimum atomic E-state index is -3.43. The van der Waals surface area contributed by atoms with E-state index in [0.29, 0.717) is 0 Å². The second kappa shape index (κ2) is 6.88. The largest absolute Gasteiger partial charge is 0.216 e. The van der Waals surface area contributed by atoms with Crippen LogP contribution in [0.25, 0.3) is 0 Å². The van der Waals surface area contributed by atoms with Crippen LogP contribution in [0, 0.1) is 0 Å². The predicted octanol–water partition coefficient (Wildman–Crippen LogP) is 3.09. The minimum Gasteiger partial charge on any atom is -0.212 e. The number of benzene rings is 2. The molecule has 2 rings (SSSR count). The maximum atomic E-state index is 12.2. The van der Waals surface area contributed by atoms with E-state index in [4.69, 9.17) is 11.6 Å². The third kappa shape index (κ3) is 4.34. The maximum Gasteiger partial charge on any atom is 0.216 e. The van der Waals surface area contributed by atoms with Crippen LogP contribution in [0.1, 0.15) is 17.2 Å². The molecular formula is C15H16ClNO2S. The summed E-state index contributed by atoms with van der Waals surface area (Å²) in [6, 6.07) is 18.0. The monoisotopic (exact) mass is 309 g/mol. The van der Waals surface area contributed by atoms with Gasteiger partial charge in [-0.05, 0) is 11.1 Å². The summed E-state index contributed by atoms with van der Waals surface area (Å²) >= 11 is 5.88. The molecule has 0 bridgehead atoms. The Labute approximate surface area is 124 Å². The summed E-state index contributed by atoms with van der Waals surface area (Å²) in [6.45, 7) is 0. The Kier molecular flexibility index (Phi) is 5.17. The number of hydrogen-bond acceptors (Lipinski definition) is 2. The van der Waals surface area contributed by atoms with Gasteiger partial charge in [0.1, 0.15) is 0 Å². The lowest BCUT2D eigenvalue weighted by atomic mass is 10.1. The normalized spacial score (nSPS) is 13.1. The Hall–Kier alpha value is -1.36. The molecule has 20 heavy (non-hydrogen) atoms. The first-order valence-corrected chi connectivity index (χ1v) is 8.44. The number of halogens is 1. The van der Waals surface area contributed by atoms with E-state index in [9.17, 15) is 8.42 Å². The molecule has 0 aliphatic heterocycles. The van der Waals surface area contributed by atoms with E-state index in [1.54, 1.807) is 12.1 Å². The average molecular weight is 310 g/mol. The Morgan fingerprint density at radius 1 is 0.950 bits per heavy atom. The Morgan fingerprint density at radius 3 is 2.05 bits per heavy atom. The minimum absolute atomic E-state index is 0.0476. The van der Waals surface area contributed by atoms with Crippen molar-refractivity contribution in [3.05, 3.63) is 71.8 Å².